The average molecular weight is 441 g/mol. The maximum Gasteiger partial charge on any atom is 0.238 e. The van der Waals surface area contributed by atoms with Crippen LogP contribution in [0.4, 0.5) is 0 Å². The van der Waals surface area contributed by atoms with Crippen LogP contribution < -0.4 is 5.32 Å². The Hall–Kier alpha value is -2.16. The van der Waals surface area contributed by atoms with Crippen molar-refractivity contribution in [3.8, 4) is 10.7 Å². The van der Waals surface area contributed by atoms with Crippen molar-refractivity contribution in [1.82, 2.24) is 20.1 Å². The van der Waals surface area contributed by atoms with E-state index in [-0.39, 0.29) is 17.3 Å². The number of ether oxygens (including phenoxy) is 1. The van der Waals surface area contributed by atoms with E-state index in [1.807, 2.05) is 41.8 Å². The Balaban J connectivity index is 1.46. The number of benzene rings is 1. The number of nitrogens with zero attached hydrogens (tertiary/aromatic N) is 3. The Bertz CT molecular complexity index is 980. The third kappa shape index (κ3) is 4.45. The molecular formula is C22H24N4O2S2. The average Bonchev–Trinajstić information content (AvgIpc) is 3.19. The molecule has 0 unspecified atom stereocenters. The van der Waals surface area contributed by atoms with Crippen LogP contribution in [0.3, 0.4) is 0 Å². The normalized spacial score (nSPS) is 19.7. The molecule has 1 aromatic carbocycles. The van der Waals surface area contributed by atoms with Gasteiger partial charge in [0.1, 0.15) is 5.25 Å². The van der Waals surface area contributed by atoms with Gasteiger partial charge in [0.2, 0.25) is 5.91 Å². The minimum atomic E-state index is -0.365. The SMILES string of the molecule is O=C(NC1CC1)[C@@H](Sc1nnc(-c2cccs2)n1C[C@@H]1CCCO1)c1ccccc1. The molecule has 3 aromatic rings. The van der Waals surface area contributed by atoms with Crippen molar-refractivity contribution in [2.75, 3.05) is 6.61 Å². The van der Waals surface area contributed by atoms with E-state index in [4.69, 9.17) is 4.74 Å². The second-order valence-corrected chi connectivity index (χ2v) is 9.74. The number of carbonyl (C=O) groups excluding carboxylic acids is 1. The van der Waals surface area contributed by atoms with E-state index in [0.717, 1.165) is 53.7 Å². The maximum atomic E-state index is 13.1. The lowest BCUT2D eigenvalue weighted by Gasteiger charge is -2.18. The van der Waals surface area contributed by atoms with E-state index in [2.05, 4.69) is 26.1 Å². The number of thioether (sulfide) groups is 1. The third-order valence-electron chi connectivity index (χ3n) is 5.36. The number of amides is 1. The highest BCUT2D eigenvalue weighted by Crippen LogP contribution is 2.38. The molecule has 6 nitrogen and oxygen atoms in total. The van der Waals surface area contributed by atoms with Crippen LogP contribution >= 0.6 is 23.1 Å². The smallest absolute Gasteiger partial charge is 0.238 e. The van der Waals surface area contributed by atoms with Crippen LogP contribution in [-0.2, 0) is 16.1 Å². The number of hydrogen-bond acceptors (Lipinski definition) is 6. The van der Waals surface area contributed by atoms with E-state index >= 15 is 0 Å². The summed E-state index contributed by atoms with van der Waals surface area (Å²) in [5.74, 6) is 0.885. The first kappa shape index (κ1) is 19.8. The summed E-state index contributed by atoms with van der Waals surface area (Å²) in [5.41, 5.74) is 0.977. The van der Waals surface area contributed by atoms with E-state index in [0.29, 0.717) is 12.6 Å². The van der Waals surface area contributed by atoms with E-state index in [9.17, 15) is 4.79 Å². The molecule has 2 fully saturated rings. The number of aromatic nitrogens is 3. The van der Waals surface area contributed by atoms with Gasteiger partial charge < -0.3 is 10.1 Å². The van der Waals surface area contributed by atoms with Gasteiger partial charge in [0, 0.05) is 12.6 Å². The molecule has 1 N–H and O–H groups in total. The zero-order chi connectivity index (χ0) is 20.3. The molecule has 1 aliphatic carbocycles. The molecule has 1 saturated heterocycles. The van der Waals surface area contributed by atoms with Gasteiger partial charge >= 0.3 is 0 Å². The molecule has 2 aliphatic rings. The molecule has 30 heavy (non-hydrogen) atoms. The van der Waals surface area contributed by atoms with Crippen molar-refractivity contribution in [2.24, 2.45) is 0 Å². The summed E-state index contributed by atoms with van der Waals surface area (Å²) in [6, 6.07) is 14.3. The molecular weight excluding hydrogens is 416 g/mol. The Morgan fingerprint density at radius 3 is 2.77 bits per heavy atom. The number of thiophene rings is 1. The van der Waals surface area contributed by atoms with Gasteiger partial charge in [0.15, 0.2) is 11.0 Å². The van der Waals surface area contributed by atoms with Crippen LogP contribution in [0.2, 0.25) is 0 Å². The van der Waals surface area contributed by atoms with Crippen molar-refractivity contribution in [2.45, 2.75) is 54.8 Å². The zero-order valence-corrected chi connectivity index (χ0v) is 18.2. The summed E-state index contributed by atoms with van der Waals surface area (Å²) in [4.78, 5) is 14.2. The van der Waals surface area contributed by atoms with Gasteiger partial charge in [-0.1, -0.05) is 48.2 Å². The minimum Gasteiger partial charge on any atom is -0.376 e. The minimum absolute atomic E-state index is 0.0399. The topological polar surface area (TPSA) is 69.0 Å². The Morgan fingerprint density at radius 2 is 2.07 bits per heavy atom. The summed E-state index contributed by atoms with van der Waals surface area (Å²) in [6.07, 6.45) is 4.41. The van der Waals surface area contributed by atoms with Gasteiger partial charge in [-0.3, -0.25) is 9.36 Å². The van der Waals surface area contributed by atoms with Crippen molar-refractivity contribution in [3.05, 3.63) is 53.4 Å². The highest BCUT2D eigenvalue weighted by Gasteiger charge is 2.31. The lowest BCUT2D eigenvalue weighted by atomic mass is 10.1. The standard InChI is InChI=1S/C22H24N4O2S2/c27-21(23-16-10-11-16)19(15-6-2-1-3-7-15)30-22-25-24-20(18-9-5-13-29-18)26(22)14-17-8-4-12-28-17/h1-3,5-7,9,13,16-17,19H,4,8,10-12,14H2,(H,23,27)/t17-,19-/m0/s1. The molecule has 3 heterocycles. The lowest BCUT2D eigenvalue weighted by molar-refractivity contribution is -0.120. The molecule has 2 aromatic heterocycles. The Morgan fingerprint density at radius 1 is 1.20 bits per heavy atom. The summed E-state index contributed by atoms with van der Waals surface area (Å²) in [6.45, 7) is 1.51. The quantitative estimate of drug-likeness (QED) is 0.529. The van der Waals surface area contributed by atoms with Crippen molar-refractivity contribution < 1.29 is 9.53 Å². The largest absolute Gasteiger partial charge is 0.376 e. The van der Waals surface area contributed by atoms with Crippen molar-refractivity contribution in [1.29, 1.82) is 0 Å². The second kappa shape index (κ2) is 8.91. The first-order valence-electron chi connectivity index (χ1n) is 10.4. The fourth-order valence-corrected chi connectivity index (χ4v) is 5.40. The second-order valence-electron chi connectivity index (χ2n) is 7.72. The molecule has 1 saturated carbocycles. The van der Waals surface area contributed by atoms with Gasteiger partial charge in [0.25, 0.3) is 0 Å². The predicted molar refractivity (Wildman–Crippen MR) is 119 cm³/mol. The summed E-state index contributed by atoms with van der Waals surface area (Å²) in [7, 11) is 0. The number of carbonyl (C=O) groups is 1. The number of hydrogen-bond donors (Lipinski definition) is 1. The fourth-order valence-electron chi connectivity index (χ4n) is 3.63. The fraction of sp³-hybridized carbons (Fsp3) is 0.409. The third-order valence-corrected chi connectivity index (χ3v) is 7.46. The molecule has 1 aliphatic heterocycles. The van der Waals surface area contributed by atoms with Crippen molar-refractivity contribution in [3.63, 3.8) is 0 Å². The monoisotopic (exact) mass is 440 g/mol. The lowest BCUT2D eigenvalue weighted by Crippen LogP contribution is -2.30. The van der Waals surface area contributed by atoms with E-state index in [1.165, 1.54) is 11.8 Å². The molecule has 0 bridgehead atoms. The van der Waals surface area contributed by atoms with Crippen LogP contribution in [0.25, 0.3) is 10.7 Å². The highest BCUT2D eigenvalue weighted by atomic mass is 32.2. The van der Waals surface area contributed by atoms with Crippen LogP contribution in [0.5, 0.6) is 0 Å². The van der Waals surface area contributed by atoms with E-state index in [1.54, 1.807) is 11.3 Å². The molecule has 0 spiro atoms. The zero-order valence-electron chi connectivity index (χ0n) is 16.6. The Labute approximate surface area is 184 Å². The molecule has 1 amide bonds. The highest BCUT2D eigenvalue weighted by molar-refractivity contribution is 8.00. The van der Waals surface area contributed by atoms with Crippen LogP contribution in [0.1, 0.15) is 36.5 Å². The maximum absolute atomic E-state index is 13.1. The molecule has 5 rings (SSSR count). The van der Waals surface area contributed by atoms with Crippen LogP contribution in [0, 0.1) is 0 Å². The summed E-state index contributed by atoms with van der Waals surface area (Å²) < 4.78 is 8.02. The predicted octanol–water partition coefficient (Wildman–Crippen LogP) is 4.30. The Kier molecular flexibility index (Phi) is 5.88. The molecule has 2 atom stereocenters. The number of rotatable bonds is 8. The van der Waals surface area contributed by atoms with Gasteiger partial charge in [-0.15, -0.1) is 21.5 Å². The van der Waals surface area contributed by atoms with Crippen LogP contribution in [-0.4, -0.2) is 39.4 Å². The molecule has 0 radical (unpaired) electrons. The first-order valence-corrected chi connectivity index (χ1v) is 12.1. The van der Waals surface area contributed by atoms with Gasteiger partial charge in [0.05, 0.1) is 17.5 Å². The first-order chi connectivity index (χ1) is 14.8. The summed E-state index contributed by atoms with van der Waals surface area (Å²) in [5, 5.41) is 14.6. The number of nitrogens with one attached hydrogen (secondary N) is 1. The van der Waals surface area contributed by atoms with E-state index < -0.39 is 0 Å². The van der Waals surface area contributed by atoms with Gasteiger partial charge in [-0.05, 0) is 42.7 Å². The van der Waals surface area contributed by atoms with Crippen molar-refractivity contribution >= 4 is 29.0 Å². The molecule has 8 heteroatoms. The van der Waals surface area contributed by atoms with Gasteiger partial charge in [-0.2, -0.15) is 0 Å². The molecule has 156 valence electrons. The van der Waals surface area contributed by atoms with Crippen LogP contribution in [0.15, 0.2) is 53.0 Å². The van der Waals surface area contributed by atoms with Gasteiger partial charge in [-0.25, -0.2) is 0 Å². The summed E-state index contributed by atoms with van der Waals surface area (Å²) >= 11 is 3.12.